The summed E-state index contributed by atoms with van der Waals surface area (Å²) in [5.41, 5.74) is 2.99. The SMILES string of the molecule is CN(CCN(C)C(=O)C(c1ccccc1)c1ccccc1)CC(O)COCc1ccncc1. The molecule has 1 N–H and O–H groups in total. The van der Waals surface area contributed by atoms with Crippen LogP contribution in [0.15, 0.2) is 85.2 Å². The van der Waals surface area contributed by atoms with Crippen molar-refractivity contribution in [3.63, 3.8) is 0 Å². The Kier molecular flexibility index (Phi) is 9.57. The number of carbonyl (C=O) groups excluding carboxylic acids is 1. The number of aliphatic hydroxyl groups excluding tert-OH is 1. The molecular weight excluding hydrogens is 414 g/mol. The van der Waals surface area contributed by atoms with Crippen LogP contribution in [0, 0.1) is 0 Å². The van der Waals surface area contributed by atoms with Crippen LogP contribution in [-0.4, -0.2) is 72.2 Å². The number of ether oxygens (including phenoxy) is 1. The number of pyridine rings is 1. The molecule has 0 bridgehead atoms. The van der Waals surface area contributed by atoms with Gasteiger partial charge in [-0.25, -0.2) is 0 Å². The Hall–Kier alpha value is -3.06. The molecule has 1 amide bonds. The van der Waals surface area contributed by atoms with Crippen molar-refractivity contribution in [2.75, 3.05) is 40.3 Å². The highest BCUT2D eigenvalue weighted by Gasteiger charge is 2.25. The molecule has 0 aliphatic heterocycles. The molecule has 2 aromatic carbocycles. The van der Waals surface area contributed by atoms with Gasteiger partial charge in [0.05, 0.1) is 25.2 Å². The quantitative estimate of drug-likeness (QED) is 0.462. The molecule has 0 radical (unpaired) electrons. The Morgan fingerprint density at radius 3 is 2.06 bits per heavy atom. The molecule has 3 aromatic rings. The summed E-state index contributed by atoms with van der Waals surface area (Å²) in [5, 5.41) is 10.3. The van der Waals surface area contributed by atoms with Gasteiger partial charge < -0.3 is 19.6 Å². The van der Waals surface area contributed by atoms with Gasteiger partial charge in [0, 0.05) is 39.1 Å². The van der Waals surface area contributed by atoms with Crippen LogP contribution < -0.4 is 0 Å². The van der Waals surface area contributed by atoms with Crippen molar-refractivity contribution in [1.82, 2.24) is 14.8 Å². The molecule has 0 aliphatic carbocycles. The molecule has 1 aromatic heterocycles. The van der Waals surface area contributed by atoms with Crippen molar-refractivity contribution in [2.24, 2.45) is 0 Å². The van der Waals surface area contributed by atoms with Crippen molar-refractivity contribution in [3.05, 3.63) is 102 Å². The van der Waals surface area contributed by atoms with E-state index in [1.54, 1.807) is 17.3 Å². The molecule has 0 saturated heterocycles. The van der Waals surface area contributed by atoms with Gasteiger partial charge in [0.1, 0.15) is 0 Å². The van der Waals surface area contributed by atoms with Gasteiger partial charge in [0.25, 0.3) is 0 Å². The van der Waals surface area contributed by atoms with Gasteiger partial charge in [0.15, 0.2) is 0 Å². The number of carbonyl (C=O) groups is 1. The Morgan fingerprint density at radius 2 is 1.48 bits per heavy atom. The third kappa shape index (κ3) is 7.79. The van der Waals surface area contributed by atoms with E-state index in [4.69, 9.17) is 4.74 Å². The third-order valence-electron chi connectivity index (χ3n) is 5.56. The molecule has 6 heteroatoms. The predicted octanol–water partition coefficient (Wildman–Crippen LogP) is 3.18. The van der Waals surface area contributed by atoms with E-state index in [0.717, 1.165) is 16.7 Å². The summed E-state index contributed by atoms with van der Waals surface area (Å²) < 4.78 is 5.61. The van der Waals surface area contributed by atoms with Gasteiger partial charge in [0.2, 0.25) is 5.91 Å². The standard InChI is InChI=1S/C27H33N3O3/c1-29(19-25(31)21-33-20-22-13-15-28-16-14-22)17-18-30(2)27(32)26(23-9-5-3-6-10-23)24-11-7-4-8-12-24/h3-16,25-26,31H,17-21H2,1-2H3. The highest BCUT2D eigenvalue weighted by molar-refractivity contribution is 5.87. The fourth-order valence-corrected chi connectivity index (χ4v) is 3.72. The first-order valence-electron chi connectivity index (χ1n) is 11.2. The average Bonchev–Trinajstić information content (AvgIpc) is 2.84. The summed E-state index contributed by atoms with van der Waals surface area (Å²) in [6.07, 6.45) is 2.85. The Bertz CT molecular complexity index is 915. The van der Waals surface area contributed by atoms with Gasteiger partial charge in [-0.3, -0.25) is 9.78 Å². The monoisotopic (exact) mass is 447 g/mol. The zero-order valence-electron chi connectivity index (χ0n) is 19.4. The molecule has 3 rings (SSSR count). The summed E-state index contributed by atoms with van der Waals surface area (Å²) in [5.74, 6) is -0.281. The van der Waals surface area contributed by atoms with Gasteiger partial charge in [-0.1, -0.05) is 60.7 Å². The lowest BCUT2D eigenvalue weighted by Gasteiger charge is -2.27. The largest absolute Gasteiger partial charge is 0.389 e. The van der Waals surface area contributed by atoms with Crippen LogP contribution in [0.2, 0.25) is 0 Å². The summed E-state index contributed by atoms with van der Waals surface area (Å²) in [6, 6.07) is 23.5. The number of aromatic nitrogens is 1. The van der Waals surface area contributed by atoms with Crippen LogP contribution >= 0.6 is 0 Å². The normalized spacial score (nSPS) is 12.2. The van der Waals surface area contributed by atoms with E-state index in [-0.39, 0.29) is 18.4 Å². The minimum absolute atomic E-state index is 0.0574. The van der Waals surface area contributed by atoms with Crippen LogP contribution in [-0.2, 0) is 16.1 Å². The highest BCUT2D eigenvalue weighted by Crippen LogP contribution is 2.26. The summed E-state index contributed by atoms with van der Waals surface area (Å²) in [4.78, 5) is 21.2. The van der Waals surface area contributed by atoms with E-state index in [1.807, 2.05) is 91.8 Å². The fourth-order valence-electron chi connectivity index (χ4n) is 3.72. The maximum Gasteiger partial charge on any atom is 0.234 e. The number of amides is 1. The summed E-state index contributed by atoms with van der Waals surface area (Å²) >= 11 is 0. The number of hydrogen-bond acceptors (Lipinski definition) is 5. The Balaban J connectivity index is 1.48. The highest BCUT2D eigenvalue weighted by atomic mass is 16.5. The summed E-state index contributed by atoms with van der Waals surface area (Å²) in [6.45, 7) is 2.39. The molecule has 0 aliphatic rings. The van der Waals surface area contributed by atoms with E-state index in [0.29, 0.717) is 26.2 Å². The van der Waals surface area contributed by atoms with Crippen molar-refractivity contribution < 1.29 is 14.6 Å². The van der Waals surface area contributed by atoms with Gasteiger partial charge in [-0.15, -0.1) is 0 Å². The first kappa shape index (κ1) is 24.6. The van der Waals surface area contributed by atoms with Gasteiger partial charge in [-0.05, 0) is 35.9 Å². The number of hydrogen-bond donors (Lipinski definition) is 1. The number of likely N-dealkylation sites (N-methyl/N-ethyl adjacent to an activating group) is 2. The Labute approximate surface area is 196 Å². The zero-order valence-corrected chi connectivity index (χ0v) is 19.4. The van der Waals surface area contributed by atoms with Crippen molar-refractivity contribution in [1.29, 1.82) is 0 Å². The maximum absolute atomic E-state index is 13.4. The molecular formula is C27H33N3O3. The van der Waals surface area contributed by atoms with Crippen LogP contribution in [0.4, 0.5) is 0 Å². The minimum atomic E-state index is -0.598. The van der Waals surface area contributed by atoms with Crippen molar-refractivity contribution in [3.8, 4) is 0 Å². The molecule has 33 heavy (non-hydrogen) atoms. The lowest BCUT2D eigenvalue weighted by atomic mass is 9.90. The molecule has 174 valence electrons. The molecule has 1 unspecified atom stereocenters. The van der Waals surface area contributed by atoms with Crippen LogP contribution in [0.25, 0.3) is 0 Å². The number of rotatable bonds is 12. The van der Waals surface area contributed by atoms with Crippen molar-refractivity contribution >= 4 is 5.91 Å². The topological polar surface area (TPSA) is 65.9 Å². The van der Waals surface area contributed by atoms with E-state index in [1.165, 1.54) is 0 Å². The molecule has 6 nitrogen and oxygen atoms in total. The van der Waals surface area contributed by atoms with Crippen LogP contribution in [0.5, 0.6) is 0 Å². The molecule has 0 spiro atoms. The van der Waals surface area contributed by atoms with E-state index in [2.05, 4.69) is 4.98 Å². The Morgan fingerprint density at radius 1 is 0.909 bits per heavy atom. The predicted molar refractivity (Wildman–Crippen MR) is 130 cm³/mol. The first-order chi connectivity index (χ1) is 16.0. The second-order valence-electron chi connectivity index (χ2n) is 8.30. The number of benzene rings is 2. The first-order valence-corrected chi connectivity index (χ1v) is 11.2. The number of nitrogens with zero attached hydrogens (tertiary/aromatic N) is 3. The van der Waals surface area contributed by atoms with E-state index >= 15 is 0 Å². The lowest BCUT2D eigenvalue weighted by Crippen LogP contribution is -2.40. The third-order valence-corrected chi connectivity index (χ3v) is 5.56. The van der Waals surface area contributed by atoms with E-state index < -0.39 is 6.10 Å². The fraction of sp³-hybridized carbons (Fsp3) is 0.333. The minimum Gasteiger partial charge on any atom is -0.389 e. The van der Waals surface area contributed by atoms with Crippen molar-refractivity contribution in [2.45, 2.75) is 18.6 Å². The molecule has 1 atom stereocenters. The second kappa shape index (κ2) is 12.8. The van der Waals surface area contributed by atoms with Crippen LogP contribution in [0.1, 0.15) is 22.6 Å². The van der Waals surface area contributed by atoms with Crippen LogP contribution in [0.3, 0.4) is 0 Å². The smallest absolute Gasteiger partial charge is 0.234 e. The summed E-state index contributed by atoms with van der Waals surface area (Å²) in [7, 11) is 3.78. The van der Waals surface area contributed by atoms with Gasteiger partial charge >= 0.3 is 0 Å². The number of aliphatic hydroxyl groups is 1. The average molecular weight is 448 g/mol. The lowest BCUT2D eigenvalue weighted by molar-refractivity contribution is -0.130. The van der Waals surface area contributed by atoms with Gasteiger partial charge in [-0.2, -0.15) is 0 Å². The second-order valence-corrected chi connectivity index (χ2v) is 8.30. The zero-order chi connectivity index (χ0) is 23.5. The molecule has 1 heterocycles. The maximum atomic E-state index is 13.4. The molecule has 0 fully saturated rings. The molecule has 0 saturated carbocycles. The van der Waals surface area contributed by atoms with E-state index in [9.17, 15) is 9.90 Å².